The zero-order valence-electron chi connectivity index (χ0n) is 13.5. The molecule has 120 valence electrons. The van der Waals surface area contributed by atoms with Crippen LogP contribution < -0.4 is 10.1 Å². The van der Waals surface area contributed by atoms with E-state index in [4.69, 9.17) is 9.15 Å². The smallest absolute Gasteiger partial charge is 0.224 e. The summed E-state index contributed by atoms with van der Waals surface area (Å²) in [7, 11) is 1.62. The largest absolute Gasteiger partial charge is 0.497 e. The number of nitrogens with zero attached hydrogens (tertiary/aromatic N) is 1. The number of fused-ring (bicyclic) bond motifs is 1. The summed E-state index contributed by atoms with van der Waals surface area (Å²) in [5.41, 5.74) is 1.64. The predicted octanol–water partition coefficient (Wildman–Crippen LogP) is 2.44. The molecule has 2 aromatic rings. The summed E-state index contributed by atoms with van der Waals surface area (Å²) < 4.78 is 10.7. The van der Waals surface area contributed by atoms with Crippen molar-refractivity contribution in [3.8, 4) is 5.75 Å². The second-order valence-electron chi connectivity index (χ2n) is 5.18. The lowest BCUT2D eigenvalue weighted by atomic mass is 10.1. The third-order valence-electron chi connectivity index (χ3n) is 3.86. The lowest BCUT2D eigenvalue weighted by molar-refractivity contribution is -0.120. The Morgan fingerprint density at radius 3 is 2.77 bits per heavy atom. The molecule has 1 heterocycles. The van der Waals surface area contributed by atoms with Crippen LogP contribution in [0.15, 0.2) is 28.9 Å². The van der Waals surface area contributed by atoms with Gasteiger partial charge in [-0.05, 0) is 25.2 Å². The summed E-state index contributed by atoms with van der Waals surface area (Å²) in [6.45, 7) is 7.79. The maximum atomic E-state index is 12.0. The molecule has 5 heteroatoms. The number of nitrogens with one attached hydrogen (secondary N) is 1. The van der Waals surface area contributed by atoms with Crippen LogP contribution in [0.4, 0.5) is 0 Å². The van der Waals surface area contributed by atoms with E-state index in [1.165, 1.54) is 0 Å². The summed E-state index contributed by atoms with van der Waals surface area (Å²) >= 11 is 0. The third-order valence-corrected chi connectivity index (χ3v) is 3.86. The van der Waals surface area contributed by atoms with Crippen molar-refractivity contribution < 1.29 is 13.9 Å². The van der Waals surface area contributed by atoms with Gasteiger partial charge in [-0.3, -0.25) is 4.79 Å². The second-order valence-corrected chi connectivity index (χ2v) is 5.18. The van der Waals surface area contributed by atoms with E-state index in [1.54, 1.807) is 13.4 Å². The molecule has 1 aromatic carbocycles. The molecule has 0 atom stereocenters. The fourth-order valence-electron chi connectivity index (χ4n) is 2.46. The average Bonchev–Trinajstić information content (AvgIpc) is 2.93. The number of amides is 1. The van der Waals surface area contributed by atoms with Crippen LogP contribution in [-0.2, 0) is 11.2 Å². The molecule has 0 unspecified atom stereocenters. The molecule has 5 nitrogen and oxygen atoms in total. The van der Waals surface area contributed by atoms with Crippen LogP contribution in [0.5, 0.6) is 5.75 Å². The molecular weight excluding hydrogens is 280 g/mol. The Hall–Kier alpha value is -2.01. The van der Waals surface area contributed by atoms with Crippen LogP contribution in [-0.4, -0.2) is 44.1 Å². The van der Waals surface area contributed by atoms with E-state index in [1.807, 2.05) is 18.2 Å². The van der Waals surface area contributed by atoms with Crippen LogP contribution in [0, 0.1) is 0 Å². The van der Waals surface area contributed by atoms with E-state index in [9.17, 15) is 4.79 Å². The SMILES string of the molecule is CCN(CC)CCNC(=O)Cc1coc2cc(OC)ccc12. The molecule has 0 fully saturated rings. The van der Waals surface area contributed by atoms with Crippen LogP contribution in [0.1, 0.15) is 19.4 Å². The highest BCUT2D eigenvalue weighted by molar-refractivity contribution is 5.88. The first-order valence-electron chi connectivity index (χ1n) is 7.71. The predicted molar refractivity (Wildman–Crippen MR) is 87.3 cm³/mol. The maximum Gasteiger partial charge on any atom is 0.224 e. The molecule has 0 bridgehead atoms. The molecule has 1 N–H and O–H groups in total. The number of methoxy groups -OCH3 is 1. The number of benzene rings is 1. The number of rotatable bonds is 8. The molecule has 0 radical (unpaired) electrons. The molecule has 0 aliphatic carbocycles. The molecule has 0 aliphatic rings. The van der Waals surface area contributed by atoms with Gasteiger partial charge in [0, 0.05) is 30.1 Å². The first-order chi connectivity index (χ1) is 10.7. The fraction of sp³-hybridized carbons (Fsp3) is 0.471. The van der Waals surface area contributed by atoms with E-state index in [2.05, 4.69) is 24.1 Å². The van der Waals surface area contributed by atoms with Crippen LogP contribution >= 0.6 is 0 Å². The quantitative estimate of drug-likeness (QED) is 0.814. The van der Waals surface area contributed by atoms with Gasteiger partial charge in [0.2, 0.25) is 5.91 Å². The van der Waals surface area contributed by atoms with Gasteiger partial charge in [-0.25, -0.2) is 0 Å². The van der Waals surface area contributed by atoms with E-state index in [-0.39, 0.29) is 5.91 Å². The summed E-state index contributed by atoms with van der Waals surface area (Å²) in [5.74, 6) is 0.766. The second kappa shape index (κ2) is 7.84. The Labute approximate surface area is 131 Å². The first kappa shape index (κ1) is 16.4. The van der Waals surface area contributed by atoms with Gasteiger partial charge in [0.1, 0.15) is 11.3 Å². The molecule has 0 spiro atoms. The molecule has 22 heavy (non-hydrogen) atoms. The van der Waals surface area contributed by atoms with Crippen molar-refractivity contribution in [3.05, 3.63) is 30.0 Å². The zero-order chi connectivity index (χ0) is 15.9. The summed E-state index contributed by atoms with van der Waals surface area (Å²) in [6, 6.07) is 5.63. The van der Waals surface area contributed by atoms with Gasteiger partial charge in [0.05, 0.1) is 19.8 Å². The minimum absolute atomic E-state index is 0.0191. The van der Waals surface area contributed by atoms with Crippen molar-refractivity contribution in [2.75, 3.05) is 33.3 Å². The van der Waals surface area contributed by atoms with Crippen LogP contribution in [0.3, 0.4) is 0 Å². The average molecular weight is 304 g/mol. The molecule has 2 rings (SSSR count). The van der Waals surface area contributed by atoms with Crippen LogP contribution in [0.2, 0.25) is 0 Å². The molecular formula is C17H24N2O3. The number of carbonyl (C=O) groups excluding carboxylic acids is 1. The monoisotopic (exact) mass is 304 g/mol. The fourth-order valence-corrected chi connectivity index (χ4v) is 2.46. The first-order valence-corrected chi connectivity index (χ1v) is 7.71. The van der Waals surface area contributed by atoms with E-state index >= 15 is 0 Å². The Morgan fingerprint density at radius 2 is 2.09 bits per heavy atom. The molecule has 0 saturated carbocycles. The highest BCUT2D eigenvalue weighted by atomic mass is 16.5. The van der Waals surface area contributed by atoms with Gasteiger partial charge < -0.3 is 19.4 Å². The zero-order valence-corrected chi connectivity index (χ0v) is 13.5. The number of likely N-dealkylation sites (N-methyl/N-ethyl adjacent to an activating group) is 1. The highest BCUT2D eigenvalue weighted by Crippen LogP contribution is 2.25. The minimum atomic E-state index is 0.0191. The van der Waals surface area contributed by atoms with Crippen molar-refractivity contribution in [3.63, 3.8) is 0 Å². The van der Waals surface area contributed by atoms with E-state index in [0.29, 0.717) is 13.0 Å². The highest BCUT2D eigenvalue weighted by Gasteiger charge is 2.11. The summed E-state index contributed by atoms with van der Waals surface area (Å²) in [5, 5.41) is 3.92. The van der Waals surface area contributed by atoms with E-state index < -0.39 is 0 Å². The standard InChI is InChI=1S/C17H24N2O3/c1-4-19(5-2)9-8-18-17(20)10-13-12-22-16-11-14(21-3)6-7-15(13)16/h6-7,11-12H,4-5,8-10H2,1-3H3,(H,18,20). The number of hydrogen-bond donors (Lipinski definition) is 1. The summed E-state index contributed by atoms with van der Waals surface area (Å²) in [6.07, 6.45) is 1.98. The van der Waals surface area contributed by atoms with Gasteiger partial charge in [-0.1, -0.05) is 13.8 Å². The molecule has 1 amide bonds. The Kier molecular flexibility index (Phi) is 5.83. The van der Waals surface area contributed by atoms with Gasteiger partial charge in [0.15, 0.2) is 0 Å². The van der Waals surface area contributed by atoms with Crippen LogP contribution in [0.25, 0.3) is 11.0 Å². The van der Waals surface area contributed by atoms with E-state index in [0.717, 1.165) is 41.9 Å². The number of carbonyl (C=O) groups is 1. The normalized spacial score (nSPS) is 11.1. The van der Waals surface area contributed by atoms with Gasteiger partial charge in [-0.2, -0.15) is 0 Å². The lowest BCUT2D eigenvalue weighted by Crippen LogP contribution is -2.35. The third kappa shape index (κ3) is 4.01. The molecule has 0 aliphatic heterocycles. The molecule has 1 aromatic heterocycles. The maximum absolute atomic E-state index is 12.0. The van der Waals surface area contributed by atoms with Gasteiger partial charge >= 0.3 is 0 Å². The number of hydrogen-bond acceptors (Lipinski definition) is 4. The Bertz CT molecular complexity index is 617. The van der Waals surface area contributed by atoms with Crippen molar-refractivity contribution in [1.82, 2.24) is 10.2 Å². The Morgan fingerprint density at radius 1 is 1.32 bits per heavy atom. The van der Waals surface area contributed by atoms with Crippen molar-refractivity contribution in [2.45, 2.75) is 20.3 Å². The van der Waals surface area contributed by atoms with Gasteiger partial charge in [-0.15, -0.1) is 0 Å². The lowest BCUT2D eigenvalue weighted by Gasteiger charge is -2.17. The van der Waals surface area contributed by atoms with Crippen molar-refractivity contribution in [2.24, 2.45) is 0 Å². The van der Waals surface area contributed by atoms with Gasteiger partial charge in [0.25, 0.3) is 0 Å². The number of furan rings is 1. The Balaban J connectivity index is 1.92. The molecule has 0 saturated heterocycles. The topological polar surface area (TPSA) is 54.7 Å². The van der Waals surface area contributed by atoms with Crippen molar-refractivity contribution >= 4 is 16.9 Å². The van der Waals surface area contributed by atoms with Crippen molar-refractivity contribution in [1.29, 1.82) is 0 Å². The summed E-state index contributed by atoms with van der Waals surface area (Å²) in [4.78, 5) is 14.3. The minimum Gasteiger partial charge on any atom is -0.497 e. The number of ether oxygens (including phenoxy) is 1.